The summed E-state index contributed by atoms with van der Waals surface area (Å²) in [4.78, 5) is 8.34. The summed E-state index contributed by atoms with van der Waals surface area (Å²) < 4.78 is 1.05. The Morgan fingerprint density at radius 3 is 2.93 bits per heavy atom. The molecule has 4 heteroatoms. The summed E-state index contributed by atoms with van der Waals surface area (Å²) in [5, 5.41) is 10.6. The second kappa shape index (κ2) is 2.45. The minimum absolute atomic E-state index is 0.648. The van der Waals surface area contributed by atoms with Gasteiger partial charge in [0.25, 0.3) is 0 Å². The molecule has 2 heterocycles. The normalized spacial score (nSPS) is 11.1. The van der Waals surface area contributed by atoms with E-state index >= 15 is 0 Å². The molecule has 0 radical (unpaired) electrons. The number of hydrogen-bond acceptors (Lipinski definition) is 3. The Morgan fingerprint density at radius 1 is 1.07 bits per heavy atom. The second-order valence-electron chi connectivity index (χ2n) is 3.09. The zero-order valence-electron chi connectivity index (χ0n) is 7.25. The van der Waals surface area contributed by atoms with Gasteiger partial charge in [-0.15, -0.1) is 0 Å². The van der Waals surface area contributed by atoms with Gasteiger partial charge in [0, 0.05) is 17.8 Å². The average Bonchev–Trinajstić information content (AvgIpc) is 2.65. The smallest absolute Gasteiger partial charge is 0.131 e. The van der Waals surface area contributed by atoms with Crippen LogP contribution in [0.1, 0.15) is 0 Å². The SMILES string of the molecule is On1ccnc2ccc3ccnc3c21. The summed E-state index contributed by atoms with van der Waals surface area (Å²) in [5.74, 6) is 0. The molecule has 0 spiro atoms. The van der Waals surface area contributed by atoms with Crippen LogP contribution in [0.3, 0.4) is 0 Å². The first-order valence-corrected chi connectivity index (χ1v) is 4.26. The van der Waals surface area contributed by atoms with Crippen molar-refractivity contribution in [3.63, 3.8) is 0 Å². The van der Waals surface area contributed by atoms with E-state index in [1.54, 1.807) is 12.4 Å². The van der Waals surface area contributed by atoms with Gasteiger partial charge in [0.1, 0.15) is 5.52 Å². The number of nitrogens with zero attached hydrogens (tertiary/aromatic N) is 3. The molecule has 3 aromatic rings. The summed E-state index contributed by atoms with van der Waals surface area (Å²) in [6.07, 6.45) is 4.77. The highest BCUT2D eigenvalue weighted by atomic mass is 16.5. The average molecular weight is 185 g/mol. The van der Waals surface area contributed by atoms with Gasteiger partial charge in [-0.2, -0.15) is 4.73 Å². The van der Waals surface area contributed by atoms with Gasteiger partial charge < -0.3 is 5.21 Å². The molecule has 0 amide bonds. The van der Waals surface area contributed by atoms with Crippen LogP contribution >= 0.6 is 0 Å². The number of benzene rings is 1. The Morgan fingerprint density at radius 2 is 2.00 bits per heavy atom. The third-order valence-corrected chi connectivity index (χ3v) is 2.27. The number of hydrogen-bond donors (Lipinski definition) is 1. The number of aromatic nitrogens is 3. The van der Waals surface area contributed by atoms with Crippen molar-refractivity contribution in [3.8, 4) is 0 Å². The van der Waals surface area contributed by atoms with E-state index in [1.165, 1.54) is 6.20 Å². The van der Waals surface area contributed by atoms with Gasteiger partial charge in [-0.3, -0.25) is 9.97 Å². The molecule has 0 unspecified atom stereocenters. The second-order valence-corrected chi connectivity index (χ2v) is 3.09. The monoisotopic (exact) mass is 185 g/mol. The lowest BCUT2D eigenvalue weighted by atomic mass is 10.2. The van der Waals surface area contributed by atoms with Crippen LogP contribution in [0.4, 0.5) is 0 Å². The van der Waals surface area contributed by atoms with E-state index < -0.39 is 0 Å². The van der Waals surface area contributed by atoms with Crippen LogP contribution in [0.2, 0.25) is 0 Å². The molecule has 2 aromatic heterocycles. The van der Waals surface area contributed by atoms with Crippen molar-refractivity contribution in [2.75, 3.05) is 0 Å². The largest absolute Gasteiger partial charge is 0.428 e. The van der Waals surface area contributed by atoms with Crippen molar-refractivity contribution in [1.29, 1.82) is 0 Å². The lowest BCUT2D eigenvalue weighted by Gasteiger charge is -2.02. The van der Waals surface area contributed by atoms with Crippen molar-refractivity contribution in [1.82, 2.24) is 14.7 Å². The summed E-state index contributed by atoms with van der Waals surface area (Å²) in [6, 6.07) is 5.71. The van der Waals surface area contributed by atoms with E-state index in [0.29, 0.717) is 5.52 Å². The van der Waals surface area contributed by atoms with Crippen molar-refractivity contribution in [2.45, 2.75) is 0 Å². The Balaban J connectivity index is 2.67. The predicted molar refractivity (Wildman–Crippen MR) is 52.2 cm³/mol. The lowest BCUT2D eigenvalue weighted by Crippen LogP contribution is -1.95. The molecule has 1 aromatic carbocycles. The van der Waals surface area contributed by atoms with Crippen molar-refractivity contribution >= 4 is 21.9 Å². The van der Waals surface area contributed by atoms with Crippen molar-refractivity contribution < 1.29 is 5.21 Å². The highest BCUT2D eigenvalue weighted by molar-refractivity contribution is 6.01. The minimum Gasteiger partial charge on any atom is -0.428 e. The molecule has 4 nitrogen and oxygen atoms in total. The van der Waals surface area contributed by atoms with E-state index in [0.717, 1.165) is 21.2 Å². The maximum absolute atomic E-state index is 9.62. The highest BCUT2D eigenvalue weighted by Gasteiger charge is 2.05. The van der Waals surface area contributed by atoms with Gasteiger partial charge in [-0.05, 0) is 12.1 Å². The Kier molecular flexibility index (Phi) is 1.28. The van der Waals surface area contributed by atoms with E-state index in [1.807, 2.05) is 18.2 Å². The van der Waals surface area contributed by atoms with Crippen LogP contribution < -0.4 is 0 Å². The van der Waals surface area contributed by atoms with Gasteiger partial charge in [-0.1, -0.05) is 6.07 Å². The van der Waals surface area contributed by atoms with Gasteiger partial charge in [0.15, 0.2) is 0 Å². The van der Waals surface area contributed by atoms with Crippen molar-refractivity contribution in [2.24, 2.45) is 0 Å². The van der Waals surface area contributed by atoms with Gasteiger partial charge in [-0.25, -0.2) is 0 Å². The van der Waals surface area contributed by atoms with E-state index in [9.17, 15) is 5.21 Å². The first-order valence-electron chi connectivity index (χ1n) is 4.26. The number of fused-ring (bicyclic) bond motifs is 3. The summed E-state index contributed by atoms with van der Waals surface area (Å²) in [7, 11) is 0. The van der Waals surface area contributed by atoms with Gasteiger partial charge in [0.05, 0.1) is 17.2 Å². The molecule has 14 heavy (non-hydrogen) atoms. The zero-order chi connectivity index (χ0) is 9.54. The summed E-state index contributed by atoms with van der Waals surface area (Å²) >= 11 is 0. The van der Waals surface area contributed by atoms with Crippen LogP contribution in [0.15, 0.2) is 36.8 Å². The lowest BCUT2D eigenvalue weighted by molar-refractivity contribution is 0.198. The molecule has 0 saturated heterocycles. The zero-order valence-corrected chi connectivity index (χ0v) is 7.25. The molecule has 68 valence electrons. The summed E-state index contributed by atoms with van der Waals surface area (Å²) in [6.45, 7) is 0. The molecule has 0 saturated carbocycles. The quantitative estimate of drug-likeness (QED) is 0.543. The van der Waals surface area contributed by atoms with Crippen LogP contribution in [-0.2, 0) is 0 Å². The molecule has 3 rings (SSSR count). The molecule has 1 N–H and O–H groups in total. The number of rotatable bonds is 0. The third-order valence-electron chi connectivity index (χ3n) is 2.27. The van der Waals surface area contributed by atoms with Crippen LogP contribution in [-0.4, -0.2) is 19.9 Å². The van der Waals surface area contributed by atoms with Crippen molar-refractivity contribution in [3.05, 3.63) is 36.8 Å². The maximum Gasteiger partial charge on any atom is 0.131 e. The molecular formula is C10H7N3O. The first kappa shape index (κ1) is 7.32. The molecule has 0 aliphatic rings. The maximum atomic E-state index is 9.62. The van der Waals surface area contributed by atoms with E-state index in [-0.39, 0.29) is 0 Å². The Hall–Kier alpha value is -2.10. The van der Waals surface area contributed by atoms with Crippen LogP contribution in [0, 0.1) is 0 Å². The fourth-order valence-electron chi connectivity index (χ4n) is 1.63. The van der Waals surface area contributed by atoms with Gasteiger partial charge >= 0.3 is 0 Å². The van der Waals surface area contributed by atoms with E-state index in [4.69, 9.17) is 0 Å². The fourth-order valence-corrected chi connectivity index (χ4v) is 1.63. The molecule has 0 fully saturated rings. The van der Waals surface area contributed by atoms with Gasteiger partial charge in [0.2, 0.25) is 0 Å². The fraction of sp³-hybridized carbons (Fsp3) is 0. The Labute approximate surface area is 79.4 Å². The predicted octanol–water partition coefficient (Wildman–Crippen LogP) is 1.82. The topological polar surface area (TPSA) is 50.9 Å². The standard InChI is InChI=1S/C10H7N3O/c14-13-6-5-11-8-2-1-7-3-4-12-9(7)10(8)13/h1-6,14H. The summed E-state index contributed by atoms with van der Waals surface area (Å²) in [5.41, 5.74) is 2.16. The van der Waals surface area contributed by atoms with Crippen LogP contribution in [0.25, 0.3) is 21.9 Å². The Bertz CT molecular complexity index is 615. The highest BCUT2D eigenvalue weighted by Crippen LogP contribution is 2.21. The van der Waals surface area contributed by atoms with Crippen LogP contribution in [0.5, 0.6) is 0 Å². The first-order chi connectivity index (χ1) is 6.86. The molecule has 0 bridgehead atoms. The minimum atomic E-state index is 0.648. The molecular weight excluding hydrogens is 178 g/mol. The molecule has 0 aliphatic heterocycles. The van der Waals surface area contributed by atoms with E-state index in [2.05, 4.69) is 9.97 Å². The molecule has 0 atom stereocenters. The third kappa shape index (κ3) is 0.821. The molecule has 0 aliphatic carbocycles.